The van der Waals surface area contributed by atoms with Crippen molar-refractivity contribution in [2.75, 3.05) is 0 Å². The van der Waals surface area contributed by atoms with Gasteiger partial charge in [-0.2, -0.15) is 13.2 Å². The van der Waals surface area contributed by atoms with Crippen molar-refractivity contribution < 1.29 is 31.5 Å². The Hall–Kier alpha value is -4.11. The first-order chi connectivity index (χ1) is 17.0. The Bertz CT molecular complexity index is 1740. The molecule has 0 saturated carbocycles. The second-order valence-corrected chi connectivity index (χ2v) is 10.2. The van der Waals surface area contributed by atoms with Crippen LogP contribution in [0.3, 0.4) is 0 Å². The third-order valence-corrected chi connectivity index (χ3v) is 7.76. The fourth-order valence-electron chi connectivity index (χ4n) is 4.24. The van der Waals surface area contributed by atoms with Crippen LogP contribution < -0.4 is 0 Å². The smallest absolute Gasteiger partial charge is 0.416 e. The highest BCUT2D eigenvalue weighted by atomic mass is 32.2. The Balaban J connectivity index is 1.69. The summed E-state index contributed by atoms with van der Waals surface area (Å²) in [5, 5.41) is 10.8. The zero-order valence-electron chi connectivity index (χ0n) is 18.5. The van der Waals surface area contributed by atoms with Gasteiger partial charge in [0.25, 0.3) is 10.0 Å². The monoisotopic (exact) mass is 509 g/mol. The Morgan fingerprint density at radius 3 is 2.17 bits per heavy atom. The zero-order valence-corrected chi connectivity index (χ0v) is 19.3. The standard InChI is InChI=1S/C27H18F3NO4S/c28-27(29,30)22-10-12-25-21(14-22)15-23(13-17-5-7-19(8-6-17)26(32)33)31(25)36(34,35)24-11-9-18-3-1-2-4-20(18)16-24/h1-12,14-16H,13H2,(H,32,33). The van der Waals surface area contributed by atoms with Crippen LogP contribution in [0.2, 0.25) is 0 Å². The number of aromatic carboxylic acids is 1. The molecule has 0 amide bonds. The SMILES string of the molecule is O=C(O)c1ccc(Cc2cc3cc(C(F)(F)F)ccc3n2S(=O)(=O)c2ccc3ccccc3c2)cc1. The van der Waals surface area contributed by atoms with E-state index in [1.165, 1.54) is 30.3 Å². The molecular weight excluding hydrogens is 491 g/mol. The number of fused-ring (bicyclic) bond motifs is 2. The molecule has 0 unspecified atom stereocenters. The summed E-state index contributed by atoms with van der Waals surface area (Å²) in [5.74, 6) is -1.10. The molecule has 1 aromatic heterocycles. The third-order valence-electron chi connectivity index (χ3n) is 6.00. The fraction of sp³-hybridized carbons (Fsp3) is 0.0741. The summed E-state index contributed by atoms with van der Waals surface area (Å²) < 4.78 is 68.8. The molecule has 0 saturated heterocycles. The van der Waals surface area contributed by atoms with Crippen molar-refractivity contribution in [1.29, 1.82) is 0 Å². The van der Waals surface area contributed by atoms with Crippen LogP contribution in [0.4, 0.5) is 13.2 Å². The number of rotatable bonds is 5. The number of carboxylic acids is 1. The van der Waals surface area contributed by atoms with E-state index in [9.17, 15) is 26.4 Å². The minimum Gasteiger partial charge on any atom is -0.478 e. The number of alkyl halides is 3. The summed E-state index contributed by atoms with van der Waals surface area (Å²) in [7, 11) is -4.19. The Morgan fingerprint density at radius 1 is 0.806 bits per heavy atom. The number of halogens is 3. The maximum Gasteiger partial charge on any atom is 0.416 e. The van der Waals surface area contributed by atoms with Crippen molar-refractivity contribution in [2.45, 2.75) is 17.5 Å². The first-order valence-corrected chi connectivity index (χ1v) is 12.3. The molecule has 0 aliphatic heterocycles. The zero-order chi connectivity index (χ0) is 25.7. The van der Waals surface area contributed by atoms with Crippen molar-refractivity contribution >= 4 is 37.7 Å². The lowest BCUT2D eigenvalue weighted by Gasteiger charge is -2.14. The molecular formula is C27H18F3NO4S. The van der Waals surface area contributed by atoms with Gasteiger partial charge < -0.3 is 5.11 Å². The minimum atomic E-state index is -4.58. The van der Waals surface area contributed by atoms with Crippen molar-refractivity contribution in [3.05, 3.63) is 113 Å². The molecule has 9 heteroatoms. The van der Waals surface area contributed by atoms with Crippen LogP contribution in [-0.2, 0) is 22.6 Å². The summed E-state index contributed by atoms with van der Waals surface area (Å²) in [6.07, 6.45) is -4.52. The van der Waals surface area contributed by atoms with E-state index in [1.54, 1.807) is 30.3 Å². The van der Waals surface area contributed by atoms with Gasteiger partial charge in [-0.3, -0.25) is 0 Å². The van der Waals surface area contributed by atoms with Crippen LogP contribution in [0.5, 0.6) is 0 Å². The normalized spacial score (nSPS) is 12.3. The average Bonchev–Trinajstić information content (AvgIpc) is 3.21. The molecule has 5 rings (SSSR count). The fourth-order valence-corrected chi connectivity index (χ4v) is 5.82. The van der Waals surface area contributed by atoms with Crippen LogP contribution >= 0.6 is 0 Å². The molecule has 4 aromatic carbocycles. The number of carboxylic acid groups (broad SMARTS) is 1. The summed E-state index contributed by atoms with van der Waals surface area (Å²) in [6, 6.07) is 22.2. The molecule has 0 aliphatic carbocycles. The van der Waals surface area contributed by atoms with Gasteiger partial charge in [0.1, 0.15) is 0 Å². The predicted molar refractivity (Wildman–Crippen MR) is 130 cm³/mol. The van der Waals surface area contributed by atoms with Gasteiger partial charge in [0.15, 0.2) is 0 Å². The summed E-state index contributed by atoms with van der Waals surface area (Å²) in [6.45, 7) is 0. The van der Waals surface area contributed by atoms with E-state index in [4.69, 9.17) is 5.11 Å². The van der Waals surface area contributed by atoms with Gasteiger partial charge in [-0.15, -0.1) is 0 Å². The van der Waals surface area contributed by atoms with Gasteiger partial charge >= 0.3 is 12.1 Å². The average molecular weight is 510 g/mol. The lowest BCUT2D eigenvalue weighted by Crippen LogP contribution is -2.16. The van der Waals surface area contributed by atoms with Gasteiger partial charge in [0.05, 0.1) is 21.5 Å². The van der Waals surface area contributed by atoms with E-state index in [-0.39, 0.29) is 33.5 Å². The Labute approximate surface area is 204 Å². The Kier molecular flexibility index (Phi) is 5.60. The molecule has 1 heterocycles. The van der Waals surface area contributed by atoms with Crippen molar-refractivity contribution in [3.8, 4) is 0 Å². The molecule has 5 aromatic rings. The number of nitrogens with zero attached hydrogens (tertiary/aromatic N) is 1. The first kappa shape index (κ1) is 23.6. The topological polar surface area (TPSA) is 76.4 Å². The van der Waals surface area contributed by atoms with Gasteiger partial charge in [0, 0.05) is 17.5 Å². The maximum atomic E-state index is 13.9. The van der Waals surface area contributed by atoms with Crippen molar-refractivity contribution in [1.82, 2.24) is 3.97 Å². The van der Waals surface area contributed by atoms with Gasteiger partial charge in [0.2, 0.25) is 0 Å². The maximum absolute atomic E-state index is 13.9. The quantitative estimate of drug-likeness (QED) is 0.300. The molecule has 0 bridgehead atoms. The predicted octanol–water partition coefficient (Wildman–Crippen LogP) is 6.34. The molecule has 182 valence electrons. The molecule has 0 atom stereocenters. The number of aromatic nitrogens is 1. The lowest BCUT2D eigenvalue weighted by molar-refractivity contribution is -0.137. The van der Waals surface area contributed by atoms with Gasteiger partial charge in [-0.05, 0) is 64.9 Å². The Morgan fingerprint density at radius 2 is 1.50 bits per heavy atom. The van der Waals surface area contributed by atoms with Crippen LogP contribution in [0.1, 0.15) is 27.2 Å². The van der Waals surface area contributed by atoms with Crippen LogP contribution in [0.15, 0.2) is 95.9 Å². The van der Waals surface area contributed by atoms with Crippen LogP contribution in [0, 0.1) is 0 Å². The van der Waals surface area contributed by atoms with Crippen molar-refractivity contribution in [2.24, 2.45) is 0 Å². The molecule has 36 heavy (non-hydrogen) atoms. The molecule has 5 nitrogen and oxygen atoms in total. The number of benzene rings is 4. The highest BCUT2D eigenvalue weighted by molar-refractivity contribution is 7.90. The number of hydrogen-bond donors (Lipinski definition) is 1. The lowest BCUT2D eigenvalue weighted by atomic mass is 10.1. The molecule has 0 spiro atoms. The largest absolute Gasteiger partial charge is 0.478 e. The van der Waals surface area contributed by atoms with E-state index < -0.39 is 27.7 Å². The second kappa shape index (κ2) is 8.53. The molecule has 0 fully saturated rings. The van der Waals surface area contributed by atoms with E-state index in [1.807, 2.05) is 12.1 Å². The summed E-state index contributed by atoms with van der Waals surface area (Å²) in [4.78, 5) is 11.2. The van der Waals surface area contributed by atoms with Gasteiger partial charge in [-0.1, -0.05) is 42.5 Å². The van der Waals surface area contributed by atoms with Crippen LogP contribution in [0.25, 0.3) is 21.7 Å². The third kappa shape index (κ3) is 4.22. The molecule has 1 N–H and O–H groups in total. The minimum absolute atomic E-state index is 0.000994. The van der Waals surface area contributed by atoms with E-state index >= 15 is 0 Å². The van der Waals surface area contributed by atoms with E-state index in [2.05, 4.69) is 0 Å². The van der Waals surface area contributed by atoms with E-state index in [0.717, 1.165) is 27.6 Å². The summed E-state index contributed by atoms with van der Waals surface area (Å²) >= 11 is 0. The molecule has 0 radical (unpaired) electrons. The molecule has 0 aliphatic rings. The first-order valence-electron chi connectivity index (χ1n) is 10.8. The van der Waals surface area contributed by atoms with E-state index in [0.29, 0.717) is 10.9 Å². The van der Waals surface area contributed by atoms with Gasteiger partial charge in [-0.25, -0.2) is 17.2 Å². The highest BCUT2D eigenvalue weighted by Crippen LogP contribution is 2.34. The summed E-state index contributed by atoms with van der Waals surface area (Å²) in [5.41, 5.74) is 0.160. The number of hydrogen-bond acceptors (Lipinski definition) is 3. The number of carbonyl (C=O) groups is 1. The van der Waals surface area contributed by atoms with Crippen LogP contribution in [-0.4, -0.2) is 23.5 Å². The second-order valence-electron chi connectivity index (χ2n) is 8.36. The highest BCUT2D eigenvalue weighted by Gasteiger charge is 2.32. The van der Waals surface area contributed by atoms with Crippen molar-refractivity contribution in [3.63, 3.8) is 0 Å².